The molecule has 0 heterocycles. The standard InChI is InChI=1S/C16H24N2O3S/c1-11-5-4-6-14(9-11)17-16(19)13-8-7-12(2)15(10-13)18-22(3,20)21/h7-8,10-11,14,18H,4-6,9H2,1-3H3,(H,17,19). The summed E-state index contributed by atoms with van der Waals surface area (Å²) in [6.07, 6.45) is 5.48. The highest BCUT2D eigenvalue weighted by molar-refractivity contribution is 7.92. The lowest BCUT2D eigenvalue weighted by atomic mass is 9.87. The zero-order valence-corrected chi connectivity index (χ0v) is 14.2. The van der Waals surface area contributed by atoms with Gasteiger partial charge in [-0.05, 0) is 43.4 Å². The van der Waals surface area contributed by atoms with Crippen molar-refractivity contribution in [3.63, 3.8) is 0 Å². The lowest BCUT2D eigenvalue weighted by molar-refractivity contribution is 0.0921. The van der Waals surface area contributed by atoms with Crippen LogP contribution in [0.3, 0.4) is 0 Å². The summed E-state index contributed by atoms with van der Waals surface area (Å²) >= 11 is 0. The van der Waals surface area contributed by atoms with Gasteiger partial charge in [0.1, 0.15) is 0 Å². The number of hydrogen-bond donors (Lipinski definition) is 2. The summed E-state index contributed by atoms with van der Waals surface area (Å²) in [5.74, 6) is 0.496. The van der Waals surface area contributed by atoms with E-state index in [1.165, 1.54) is 6.42 Å². The molecule has 1 amide bonds. The lowest BCUT2D eigenvalue weighted by Gasteiger charge is -2.27. The molecule has 1 aromatic rings. The topological polar surface area (TPSA) is 75.3 Å². The normalized spacial score (nSPS) is 22.1. The van der Waals surface area contributed by atoms with Crippen molar-refractivity contribution in [2.75, 3.05) is 11.0 Å². The van der Waals surface area contributed by atoms with E-state index in [2.05, 4.69) is 17.0 Å². The molecule has 2 atom stereocenters. The molecule has 2 unspecified atom stereocenters. The molecule has 1 saturated carbocycles. The fraction of sp³-hybridized carbons (Fsp3) is 0.562. The first kappa shape index (κ1) is 16.8. The number of rotatable bonds is 4. The first-order valence-corrected chi connectivity index (χ1v) is 9.53. The summed E-state index contributed by atoms with van der Waals surface area (Å²) in [6, 6.07) is 5.29. The molecule has 1 fully saturated rings. The third kappa shape index (κ3) is 4.73. The Balaban J connectivity index is 2.11. The summed E-state index contributed by atoms with van der Waals surface area (Å²) in [6.45, 7) is 4.01. The first-order chi connectivity index (χ1) is 10.2. The number of amides is 1. The van der Waals surface area contributed by atoms with E-state index in [-0.39, 0.29) is 11.9 Å². The molecule has 0 aliphatic heterocycles. The van der Waals surface area contributed by atoms with Crippen LogP contribution in [0, 0.1) is 12.8 Å². The van der Waals surface area contributed by atoms with E-state index in [9.17, 15) is 13.2 Å². The molecule has 1 aliphatic carbocycles. The predicted octanol–water partition coefficient (Wildman–Crippen LogP) is 2.68. The van der Waals surface area contributed by atoms with Crippen LogP contribution in [0.2, 0.25) is 0 Å². The Morgan fingerprint density at radius 2 is 2.00 bits per heavy atom. The summed E-state index contributed by atoms with van der Waals surface area (Å²) in [5, 5.41) is 3.06. The van der Waals surface area contributed by atoms with E-state index in [1.54, 1.807) is 25.1 Å². The average molecular weight is 324 g/mol. The molecule has 2 N–H and O–H groups in total. The van der Waals surface area contributed by atoms with E-state index >= 15 is 0 Å². The first-order valence-electron chi connectivity index (χ1n) is 7.64. The van der Waals surface area contributed by atoms with Crippen molar-refractivity contribution in [2.45, 2.75) is 45.6 Å². The summed E-state index contributed by atoms with van der Waals surface area (Å²) in [7, 11) is -3.36. The Labute approximate surface area is 132 Å². The van der Waals surface area contributed by atoms with Gasteiger partial charge < -0.3 is 5.32 Å². The summed E-state index contributed by atoms with van der Waals surface area (Å²) < 4.78 is 25.2. The Kier molecular flexibility index (Phi) is 5.11. The minimum atomic E-state index is -3.36. The Bertz CT molecular complexity index is 655. The van der Waals surface area contributed by atoms with Crippen LogP contribution in [-0.4, -0.2) is 26.6 Å². The maximum Gasteiger partial charge on any atom is 0.251 e. The maximum atomic E-state index is 12.4. The molecule has 22 heavy (non-hydrogen) atoms. The van der Waals surface area contributed by atoms with Gasteiger partial charge in [-0.3, -0.25) is 9.52 Å². The summed E-state index contributed by atoms with van der Waals surface area (Å²) in [5.41, 5.74) is 1.72. The number of carbonyl (C=O) groups excluding carboxylic acids is 1. The van der Waals surface area contributed by atoms with Crippen LogP contribution in [0.1, 0.15) is 48.5 Å². The molecular weight excluding hydrogens is 300 g/mol. The second-order valence-corrected chi connectivity index (χ2v) is 8.09. The van der Waals surface area contributed by atoms with Crippen LogP contribution in [0.25, 0.3) is 0 Å². The molecule has 5 nitrogen and oxygen atoms in total. The second-order valence-electron chi connectivity index (χ2n) is 6.35. The van der Waals surface area contributed by atoms with Gasteiger partial charge in [0.05, 0.1) is 11.9 Å². The zero-order valence-electron chi connectivity index (χ0n) is 13.3. The van der Waals surface area contributed by atoms with Crippen LogP contribution in [-0.2, 0) is 10.0 Å². The van der Waals surface area contributed by atoms with Gasteiger partial charge in [-0.15, -0.1) is 0 Å². The van der Waals surface area contributed by atoms with Crippen LogP contribution in [0.15, 0.2) is 18.2 Å². The van der Waals surface area contributed by atoms with Gasteiger partial charge >= 0.3 is 0 Å². The number of nitrogens with one attached hydrogen (secondary N) is 2. The molecule has 6 heteroatoms. The van der Waals surface area contributed by atoms with Gasteiger partial charge in [0.2, 0.25) is 10.0 Å². The van der Waals surface area contributed by atoms with Crippen molar-refractivity contribution in [3.05, 3.63) is 29.3 Å². The van der Waals surface area contributed by atoms with E-state index in [1.807, 2.05) is 0 Å². The van der Waals surface area contributed by atoms with Gasteiger partial charge in [-0.1, -0.05) is 25.8 Å². The highest BCUT2D eigenvalue weighted by atomic mass is 32.2. The fourth-order valence-corrected chi connectivity index (χ4v) is 3.53. The molecule has 0 saturated heterocycles. The van der Waals surface area contributed by atoms with Crippen molar-refractivity contribution in [1.29, 1.82) is 0 Å². The number of aryl methyl sites for hydroxylation is 1. The van der Waals surface area contributed by atoms with Crippen molar-refractivity contribution in [1.82, 2.24) is 5.32 Å². The average Bonchev–Trinajstić information content (AvgIpc) is 2.39. The Morgan fingerprint density at radius 3 is 2.64 bits per heavy atom. The molecule has 122 valence electrons. The van der Waals surface area contributed by atoms with E-state index < -0.39 is 10.0 Å². The van der Waals surface area contributed by atoms with Crippen molar-refractivity contribution in [3.8, 4) is 0 Å². The molecule has 0 radical (unpaired) electrons. The molecule has 1 aliphatic rings. The minimum Gasteiger partial charge on any atom is -0.349 e. The van der Waals surface area contributed by atoms with Gasteiger partial charge in [0.15, 0.2) is 0 Å². The predicted molar refractivity (Wildman–Crippen MR) is 88.5 cm³/mol. The third-order valence-electron chi connectivity index (χ3n) is 4.07. The highest BCUT2D eigenvalue weighted by Crippen LogP contribution is 2.24. The van der Waals surface area contributed by atoms with E-state index in [4.69, 9.17) is 0 Å². The van der Waals surface area contributed by atoms with Gasteiger partial charge in [-0.2, -0.15) is 0 Å². The van der Waals surface area contributed by atoms with Crippen LogP contribution >= 0.6 is 0 Å². The monoisotopic (exact) mass is 324 g/mol. The van der Waals surface area contributed by atoms with E-state index in [0.717, 1.165) is 31.1 Å². The van der Waals surface area contributed by atoms with Gasteiger partial charge in [0, 0.05) is 11.6 Å². The smallest absolute Gasteiger partial charge is 0.251 e. The van der Waals surface area contributed by atoms with Gasteiger partial charge in [-0.25, -0.2) is 8.42 Å². The number of hydrogen-bond acceptors (Lipinski definition) is 3. The number of carbonyl (C=O) groups is 1. The van der Waals surface area contributed by atoms with Crippen molar-refractivity contribution in [2.24, 2.45) is 5.92 Å². The van der Waals surface area contributed by atoms with Crippen LogP contribution in [0.5, 0.6) is 0 Å². The van der Waals surface area contributed by atoms with Gasteiger partial charge in [0.25, 0.3) is 5.91 Å². The number of sulfonamides is 1. The van der Waals surface area contributed by atoms with Crippen molar-refractivity contribution < 1.29 is 13.2 Å². The molecule has 0 spiro atoms. The van der Waals surface area contributed by atoms with E-state index in [0.29, 0.717) is 17.2 Å². The quantitative estimate of drug-likeness (QED) is 0.894. The highest BCUT2D eigenvalue weighted by Gasteiger charge is 2.21. The molecular formula is C16H24N2O3S. The van der Waals surface area contributed by atoms with Crippen molar-refractivity contribution >= 4 is 21.6 Å². The minimum absolute atomic E-state index is 0.143. The number of anilines is 1. The largest absolute Gasteiger partial charge is 0.349 e. The second kappa shape index (κ2) is 6.69. The molecule has 0 bridgehead atoms. The maximum absolute atomic E-state index is 12.4. The third-order valence-corrected chi connectivity index (χ3v) is 4.66. The summed E-state index contributed by atoms with van der Waals surface area (Å²) in [4.78, 5) is 12.4. The Hall–Kier alpha value is -1.56. The number of benzene rings is 1. The zero-order chi connectivity index (χ0) is 16.3. The van der Waals surface area contributed by atoms with Crippen LogP contribution < -0.4 is 10.0 Å². The SMILES string of the molecule is Cc1ccc(C(=O)NC2CCCC(C)C2)cc1NS(C)(=O)=O. The van der Waals surface area contributed by atoms with Crippen LogP contribution in [0.4, 0.5) is 5.69 Å². The fourth-order valence-electron chi connectivity index (χ4n) is 2.91. The molecule has 0 aromatic heterocycles. The lowest BCUT2D eigenvalue weighted by Crippen LogP contribution is -2.38. The molecule has 1 aromatic carbocycles. The molecule has 2 rings (SSSR count). The Morgan fingerprint density at radius 1 is 1.27 bits per heavy atom.